The standard InChI is InChI=1S/C14H22BrNO2S/c1-3-19-9-8-18-14-5-4-12(10-13(14)15)11-16-6-7-17-2/h4-5,10,16H,3,6-9,11H2,1-2H3. The van der Waals surface area contributed by atoms with Gasteiger partial charge in [-0.3, -0.25) is 0 Å². The van der Waals surface area contributed by atoms with Crippen LogP contribution in [0.4, 0.5) is 0 Å². The third kappa shape index (κ3) is 7.20. The summed E-state index contributed by atoms with van der Waals surface area (Å²) in [5.41, 5.74) is 1.23. The van der Waals surface area contributed by atoms with Gasteiger partial charge in [0.05, 0.1) is 17.7 Å². The Bertz CT molecular complexity index is 363. The molecule has 0 aliphatic heterocycles. The summed E-state index contributed by atoms with van der Waals surface area (Å²) in [6, 6.07) is 6.21. The van der Waals surface area contributed by atoms with Gasteiger partial charge in [-0.05, 0) is 39.4 Å². The molecule has 0 saturated carbocycles. The minimum Gasteiger partial charge on any atom is -0.492 e. The van der Waals surface area contributed by atoms with E-state index in [-0.39, 0.29) is 0 Å². The molecule has 0 spiro atoms. The zero-order valence-electron chi connectivity index (χ0n) is 11.6. The van der Waals surface area contributed by atoms with Crippen LogP contribution in [-0.2, 0) is 11.3 Å². The lowest BCUT2D eigenvalue weighted by molar-refractivity contribution is 0.199. The molecule has 1 aromatic carbocycles. The summed E-state index contributed by atoms with van der Waals surface area (Å²) >= 11 is 5.44. The smallest absolute Gasteiger partial charge is 0.133 e. The van der Waals surface area contributed by atoms with Crippen LogP contribution < -0.4 is 10.1 Å². The summed E-state index contributed by atoms with van der Waals surface area (Å²) in [6.45, 7) is 5.35. The summed E-state index contributed by atoms with van der Waals surface area (Å²) < 4.78 is 11.7. The Labute approximate surface area is 128 Å². The predicted molar refractivity (Wildman–Crippen MR) is 86.2 cm³/mol. The topological polar surface area (TPSA) is 30.5 Å². The maximum atomic E-state index is 5.73. The third-order valence-electron chi connectivity index (χ3n) is 2.50. The first kappa shape index (κ1) is 16.8. The molecule has 5 heteroatoms. The summed E-state index contributed by atoms with van der Waals surface area (Å²) in [5.74, 6) is 3.08. The number of methoxy groups -OCH3 is 1. The second-order valence-electron chi connectivity index (χ2n) is 3.98. The van der Waals surface area contributed by atoms with Crippen molar-refractivity contribution in [2.75, 3.05) is 38.4 Å². The van der Waals surface area contributed by atoms with E-state index in [2.05, 4.69) is 40.3 Å². The highest BCUT2D eigenvalue weighted by Crippen LogP contribution is 2.26. The SMILES string of the molecule is CCSCCOc1ccc(CNCCOC)cc1Br. The maximum absolute atomic E-state index is 5.73. The maximum Gasteiger partial charge on any atom is 0.133 e. The fourth-order valence-corrected chi connectivity index (χ4v) is 2.56. The molecule has 0 heterocycles. The molecule has 0 aliphatic rings. The molecule has 0 amide bonds. The molecule has 0 radical (unpaired) electrons. The lowest BCUT2D eigenvalue weighted by atomic mass is 10.2. The van der Waals surface area contributed by atoms with Crippen LogP contribution in [0, 0.1) is 0 Å². The highest BCUT2D eigenvalue weighted by molar-refractivity contribution is 9.10. The van der Waals surface area contributed by atoms with Crippen molar-refractivity contribution in [3.63, 3.8) is 0 Å². The van der Waals surface area contributed by atoms with Gasteiger partial charge in [-0.25, -0.2) is 0 Å². The normalized spacial score (nSPS) is 10.7. The van der Waals surface area contributed by atoms with Gasteiger partial charge in [0.15, 0.2) is 0 Å². The van der Waals surface area contributed by atoms with E-state index in [0.717, 1.165) is 48.0 Å². The van der Waals surface area contributed by atoms with Crippen molar-refractivity contribution in [2.45, 2.75) is 13.5 Å². The van der Waals surface area contributed by atoms with Gasteiger partial charge in [-0.2, -0.15) is 11.8 Å². The molecule has 0 unspecified atom stereocenters. The van der Waals surface area contributed by atoms with Gasteiger partial charge in [0.25, 0.3) is 0 Å². The molecule has 1 aromatic rings. The van der Waals surface area contributed by atoms with Crippen LogP contribution >= 0.6 is 27.7 Å². The Balaban J connectivity index is 2.36. The highest BCUT2D eigenvalue weighted by Gasteiger charge is 2.02. The van der Waals surface area contributed by atoms with E-state index in [9.17, 15) is 0 Å². The molecule has 1 N–H and O–H groups in total. The van der Waals surface area contributed by atoms with Crippen molar-refractivity contribution in [3.8, 4) is 5.75 Å². The Morgan fingerprint density at radius 3 is 2.84 bits per heavy atom. The zero-order valence-corrected chi connectivity index (χ0v) is 14.0. The average molecular weight is 348 g/mol. The van der Waals surface area contributed by atoms with E-state index in [0.29, 0.717) is 0 Å². The molecular formula is C14H22BrNO2S. The van der Waals surface area contributed by atoms with E-state index in [1.807, 2.05) is 17.8 Å². The minimum absolute atomic E-state index is 0.734. The van der Waals surface area contributed by atoms with Gasteiger partial charge in [0.1, 0.15) is 5.75 Å². The van der Waals surface area contributed by atoms with Crippen molar-refractivity contribution in [2.24, 2.45) is 0 Å². The van der Waals surface area contributed by atoms with Gasteiger partial charge in [-0.1, -0.05) is 13.0 Å². The molecule has 0 atom stereocenters. The number of thioether (sulfide) groups is 1. The van der Waals surface area contributed by atoms with E-state index < -0.39 is 0 Å². The van der Waals surface area contributed by atoms with Gasteiger partial charge < -0.3 is 14.8 Å². The number of benzene rings is 1. The summed E-state index contributed by atoms with van der Waals surface area (Å²) in [6.07, 6.45) is 0. The van der Waals surface area contributed by atoms with E-state index >= 15 is 0 Å². The van der Waals surface area contributed by atoms with Crippen LogP contribution in [0.1, 0.15) is 12.5 Å². The fourth-order valence-electron chi connectivity index (χ4n) is 1.53. The Morgan fingerprint density at radius 2 is 2.16 bits per heavy atom. The van der Waals surface area contributed by atoms with Gasteiger partial charge in [0.2, 0.25) is 0 Å². The second-order valence-corrected chi connectivity index (χ2v) is 6.23. The lowest BCUT2D eigenvalue weighted by Crippen LogP contribution is -2.18. The number of nitrogens with one attached hydrogen (secondary N) is 1. The summed E-state index contributed by atoms with van der Waals surface area (Å²) in [7, 11) is 1.71. The van der Waals surface area contributed by atoms with Crippen molar-refractivity contribution in [3.05, 3.63) is 28.2 Å². The fraction of sp³-hybridized carbons (Fsp3) is 0.571. The number of ether oxygens (including phenoxy) is 2. The molecular weight excluding hydrogens is 326 g/mol. The first-order valence-corrected chi connectivity index (χ1v) is 8.41. The van der Waals surface area contributed by atoms with Gasteiger partial charge >= 0.3 is 0 Å². The van der Waals surface area contributed by atoms with Crippen molar-refractivity contribution < 1.29 is 9.47 Å². The van der Waals surface area contributed by atoms with Crippen molar-refractivity contribution >= 4 is 27.7 Å². The molecule has 0 saturated heterocycles. The van der Waals surface area contributed by atoms with Crippen LogP contribution in [0.3, 0.4) is 0 Å². The van der Waals surface area contributed by atoms with E-state index in [1.165, 1.54) is 5.56 Å². The molecule has 19 heavy (non-hydrogen) atoms. The molecule has 0 bridgehead atoms. The second kappa shape index (κ2) is 10.5. The number of hydrogen-bond donors (Lipinski definition) is 1. The molecule has 0 aliphatic carbocycles. The Hall–Kier alpha value is -0.230. The molecule has 108 valence electrons. The van der Waals surface area contributed by atoms with Gasteiger partial charge in [-0.15, -0.1) is 0 Å². The summed E-state index contributed by atoms with van der Waals surface area (Å²) in [4.78, 5) is 0. The molecule has 3 nitrogen and oxygen atoms in total. The van der Waals surface area contributed by atoms with Gasteiger partial charge in [0, 0.05) is 26.0 Å². The first-order chi connectivity index (χ1) is 9.27. The largest absolute Gasteiger partial charge is 0.492 e. The van der Waals surface area contributed by atoms with Crippen molar-refractivity contribution in [1.82, 2.24) is 5.32 Å². The minimum atomic E-state index is 0.734. The van der Waals surface area contributed by atoms with Crippen LogP contribution in [-0.4, -0.2) is 38.4 Å². The van der Waals surface area contributed by atoms with Crippen LogP contribution in [0.15, 0.2) is 22.7 Å². The molecule has 1 rings (SSSR count). The first-order valence-electron chi connectivity index (χ1n) is 6.46. The lowest BCUT2D eigenvalue weighted by Gasteiger charge is -2.10. The highest BCUT2D eigenvalue weighted by atomic mass is 79.9. The molecule has 0 fully saturated rings. The van der Waals surface area contributed by atoms with Crippen LogP contribution in [0.5, 0.6) is 5.75 Å². The van der Waals surface area contributed by atoms with Crippen molar-refractivity contribution in [1.29, 1.82) is 0 Å². The third-order valence-corrected chi connectivity index (χ3v) is 3.98. The number of halogens is 1. The predicted octanol–water partition coefficient (Wildman–Crippen LogP) is 3.32. The number of rotatable bonds is 10. The van der Waals surface area contributed by atoms with Crippen LogP contribution in [0.25, 0.3) is 0 Å². The number of hydrogen-bond acceptors (Lipinski definition) is 4. The molecule has 0 aromatic heterocycles. The average Bonchev–Trinajstić information content (AvgIpc) is 2.42. The monoisotopic (exact) mass is 347 g/mol. The van der Waals surface area contributed by atoms with Crippen LogP contribution in [0.2, 0.25) is 0 Å². The van der Waals surface area contributed by atoms with E-state index in [1.54, 1.807) is 7.11 Å². The Morgan fingerprint density at radius 1 is 1.32 bits per heavy atom. The zero-order chi connectivity index (χ0) is 13.9. The summed E-state index contributed by atoms with van der Waals surface area (Å²) in [5, 5.41) is 3.32. The quantitative estimate of drug-likeness (QED) is 0.657. The Kier molecular flexibility index (Phi) is 9.34. The van der Waals surface area contributed by atoms with E-state index in [4.69, 9.17) is 9.47 Å².